The van der Waals surface area contributed by atoms with E-state index < -0.39 is 0 Å². The molecule has 2 aromatic heterocycles. The molecule has 0 saturated carbocycles. The number of hydrogen-bond acceptors (Lipinski definition) is 3. The van der Waals surface area contributed by atoms with E-state index in [1.165, 1.54) is 10.9 Å². The average Bonchev–Trinajstić information content (AvgIpc) is 3.17. The highest BCUT2D eigenvalue weighted by Crippen LogP contribution is 2.28. The van der Waals surface area contributed by atoms with Crippen LogP contribution in [0.15, 0.2) is 24.3 Å². The summed E-state index contributed by atoms with van der Waals surface area (Å²) in [7, 11) is 0. The number of H-pyrrole nitrogens is 1. The summed E-state index contributed by atoms with van der Waals surface area (Å²) >= 11 is 0. The van der Waals surface area contributed by atoms with Crippen LogP contribution in [0.2, 0.25) is 0 Å². The number of carbonyl (C=O) groups is 2. The monoisotopic (exact) mass is 378 g/mol. The van der Waals surface area contributed by atoms with Gasteiger partial charge in [0.1, 0.15) is 0 Å². The third-order valence-electron chi connectivity index (χ3n) is 5.80. The predicted molar refractivity (Wildman–Crippen MR) is 108 cm³/mol. The maximum Gasteiger partial charge on any atom is 0.225 e. The Labute approximate surface area is 164 Å². The number of amides is 1. The minimum Gasteiger partial charge on any atom is -0.357 e. The summed E-state index contributed by atoms with van der Waals surface area (Å²) in [5.74, 6) is 0.135. The van der Waals surface area contributed by atoms with Gasteiger partial charge in [-0.1, -0.05) is 18.2 Å². The largest absolute Gasteiger partial charge is 0.357 e. The fourth-order valence-electron chi connectivity index (χ4n) is 4.48. The Hall–Kier alpha value is -2.89. The van der Waals surface area contributed by atoms with E-state index in [4.69, 9.17) is 0 Å². The number of Topliss-reactive ketones (excluding diaryl/α,β-unsaturated/α-hetero) is 1. The molecule has 0 aliphatic carbocycles. The summed E-state index contributed by atoms with van der Waals surface area (Å²) in [5.41, 5.74) is 5.83. The van der Waals surface area contributed by atoms with E-state index in [9.17, 15) is 9.59 Å². The van der Waals surface area contributed by atoms with Crippen LogP contribution in [0.25, 0.3) is 10.9 Å². The van der Waals surface area contributed by atoms with E-state index >= 15 is 0 Å². The third kappa shape index (κ3) is 3.03. The number of carbonyl (C=O) groups excluding carboxylic acids is 2. The molecule has 0 spiro atoms. The van der Waals surface area contributed by atoms with Gasteiger partial charge in [-0.15, -0.1) is 0 Å². The van der Waals surface area contributed by atoms with Crippen molar-refractivity contribution in [3.63, 3.8) is 0 Å². The fourth-order valence-corrected chi connectivity index (χ4v) is 4.48. The van der Waals surface area contributed by atoms with Gasteiger partial charge in [-0.25, -0.2) is 0 Å². The zero-order chi connectivity index (χ0) is 20.0. The molecule has 0 unspecified atom stereocenters. The van der Waals surface area contributed by atoms with Crippen LogP contribution in [-0.2, 0) is 17.8 Å². The molecule has 1 atom stereocenters. The molecule has 6 nitrogen and oxygen atoms in total. The maximum absolute atomic E-state index is 12.9. The highest BCUT2D eigenvalue weighted by Gasteiger charge is 2.26. The summed E-state index contributed by atoms with van der Waals surface area (Å²) in [6, 6.07) is 8.21. The first kappa shape index (κ1) is 18.5. The Balaban J connectivity index is 1.50. The molecule has 3 heterocycles. The molecule has 1 aromatic carbocycles. The molecule has 0 fully saturated rings. The first-order valence-corrected chi connectivity index (χ1v) is 9.79. The van der Waals surface area contributed by atoms with Gasteiger partial charge in [0.2, 0.25) is 5.91 Å². The molecule has 28 heavy (non-hydrogen) atoms. The molecular weight excluding hydrogens is 352 g/mol. The van der Waals surface area contributed by atoms with Crippen molar-refractivity contribution in [1.82, 2.24) is 19.7 Å². The molecule has 1 aliphatic heterocycles. The number of aromatic nitrogens is 3. The van der Waals surface area contributed by atoms with Gasteiger partial charge in [0, 0.05) is 35.3 Å². The van der Waals surface area contributed by atoms with E-state index in [1.807, 2.05) is 36.4 Å². The van der Waals surface area contributed by atoms with Crippen LogP contribution in [0.1, 0.15) is 59.3 Å². The number of aromatic amines is 1. The number of ketones is 1. The SMILES string of the molecule is CC(=O)c1c(C)nn([C@@H](C)CC(=O)N2CCc3c([nH]c4ccccc34)C2)c1C. The van der Waals surface area contributed by atoms with Crippen LogP contribution in [0, 0.1) is 13.8 Å². The average molecular weight is 378 g/mol. The lowest BCUT2D eigenvalue weighted by molar-refractivity contribution is -0.133. The molecule has 4 rings (SSSR count). The molecule has 3 aromatic rings. The van der Waals surface area contributed by atoms with E-state index in [1.54, 1.807) is 6.92 Å². The van der Waals surface area contributed by atoms with Gasteiger partial charge < -0.3 is 9.88 Å². The van der Waals surface area contributed by atoms with Crippen LogP contribution >= 0.6 is 0 Å². The summed E-state index contributed by atoms with van der Waals surface area (Å²) in [6.45, 7) is 8.64. The summed E-state index contributed by atoms with van der Waals surface area (Å²) in [5, 5.41) is 5.77. The highest BCUT2D eigenvalue weighted by molar-refractivity contribution is 5.96. The number of para-hydroxylation sites is 1. The van der Waals surface area contributed by atoms with Crippen LogP contribution < -0.4 is 0 Å². The van der Waals surface area contributed by atoms with Crippen molar-refractivity contribution in [1.29, 1.82) is 0 Å². The zero-order valence-corrected chi connectivity index (χ0v) is 16.9. The molecule has 6 heteroatoms. The normalized spacial score (nSPS) is 14.9. The molecule has 146 valence electrons. The Kier molecular flexibility index (Phi) is 4.57. The first-order valence-electron chi connectivity index (χ1n) is 9.79. The molecule has 0 bridgehead atoms. The van der Waals surface area contributed by atoms with Crippen molar-refractivity contribution < 1.29 is 9.59 Å². The Morgan fingerprint density at radius 1 is 1.25 bits per heavy atom. The Morgan fingerprint density at radius 2 is 2.00 bits per heavy atom. The van der Waals surface area contributed by atoms with Gasteiger partial charge >= 0.3 is 0 Å². The highest BCUT2D eigenvalue weighted by atomic mass is 16.2. The second-order valence-electron chi connectivity index (χ2n) is 7.79. The Morgan fingerprint density at radius 3 is 2.71 bits per heavy atom. The molecule has 1 N–H and O–H groups in total. The third-order valence-corrected chi connectivity index (χ3v) is 5.80. The molecular formula is C22H26N4O2. The van der Waals surface area contributed by atoms with E-state index in [2.05, 4.69) is 28.3 Å². The van der Waals surface area contributed by atoms with Gasteiger partial charge in [0.05, 0.1) is 23.8 Å². The van der Waals surface area contributed by atoms with Crippen LogP contribution in [0.3, 0.4) is 0 Å². The number of benzene rings is 1. The number of fused-ring (bicyclic) bond motifs is 3. The summed E-state index contributed by atoms with van der Waals surface area (Å²) in [6.07, 6.45) is 1.24. The van der Waals surface area contributed by atoms with Crippen LogP contribution in [0.5, 0.6) is 0 Å². The fraction of sp³-hybridized carbons (Fsp3) is 0.409. The van der Waals surface area contributed by atoms with Gasteiger partial charge in [-0.3, -0.25) is 14.3 Å². The lowest BCUT2D eigenvalue weighted by atomic mass is 10.0. The molecule has 1 amide bonds. The van der Waals surface area contributed by atoms with Gasteiger partial charge in [0.25, 0.3) is 0 Å². The zero-order valence-electron chi connectivity index (χ0n) is 16.9. The number of nitrogens with one attached hydrogen (secondary N) is 1. The quantitative estimate of drug-likeness (QED) is 0.704. The molecule has 0 radical (unpaired) electrons. The van der Waals surface area contributed by atoms with Crippen LogP contribution in [0.4, 0.5) is 0 Å². The van der Waals surface area contributed by atoms with Gasteiger partial charge in [-0.05, 0) is 45.7 Å². The maximum atomic E-state index is 12.9. The number of nitrogens with zero attached hydrogens (tertiary/aromatic N) is 3. The van der Waals surface area contributed by atoms with Gasteiger partial charge in [-0.2, -0.15) is 5.10 Å². The van der Waals surface area contributed by atoms with Crippen molar-refractivity contribution in [2.75, 3.05) is 6.54 Å². The number of hydrogen-bond donors (Lipinski definition) is 1. The van der Waals surface area contributed by atoms with Crippen molar-refractivity contribution in [3.05, 3.63) is 52.5 Å². The van der Waals surface area contributed by atoms with Crippen molar-refractivity contribution in [2.24, 2.45) is 0 Å². The number of rotatable bonds is 4. The standard InChI is InChI=1S/C22H26N4O2/c1-13(26-15(3)22(16(4)27)14(2)24-26)11-21(28)25-10-9-18-17-7-5-6-8-19(17)23-20(18)12-25/h5-8,13,23H,9-12H2,1-4H3/t13-/m0/s1. The first-order chi connectivity index (χ1) is 13.4. The second kappa shape index (κ2) is 6.93. The van der Waals surface area contributed by atoms with E-state index in [0.29, 0.717) is 18.5 Å². The lowest BCUT2D eigenvalue weighted by Crippen LogP contribution is -2.37. The van der Waals surface area contributed by atoms with Crippen molar-refractivity contribution >= 4 is 22.6 Å². The van der Waals surface area contributed by atoms with E-state index in [-0.39, 0.29) is 17.7 Å². The smallest absolute Gasteiger partial charge is 0.225 e. The predicted octanol–water partition coefficient (Wildman–Crippen LogP) is 3.72. The number of aryl methyl sites for hydroxylation is 1. The minimum atomic E-state index is -0.0941. The van der Waals surface area contributed by atoms with Crippen LogP contribution in [-0.4, -0.2) is 37.9 Å². The minimum absolute atomic E-state index is 0.0159. The molecule has 0 saturated heterocycles. The Bertz CT molecular complexity index is 1080. The molecule has 1 aliphatic rings. The van der Waals surface area contributed by atoms with E-state index in [0.717, 1.165) is 35.6 Å². The van der Waals surface area contributed by atoms with Crippen molar-refractivity contribution in [3.8, 4) is 0 Å². The summed E-state index contributed by atoms with van der Waals surface area (Å²) in [4.78, 5) is 30.2. The second-order valence-corrected chi connectivity index (χ2v) is 7.79. The topological polar surface area (TPSA) is 71.0 Å². The lowest BCUT2D eigenvalue weighted by Gasteiger charge is -2.28. The summed E-state index contributed by atoms with van der Waals surface area (Å²) < 4.78 is 1.82. The van der Waals surface area contributed by atoms with Crippen molar-refractivity contribution in [2.45, 2.75) is 53.1 Å². The van der Waals surface area contributed by atoms with Gasteiger partial charge in [0.15, 0.2) is 5.78 Å².